The molecule has 14 heavy (non-hydrogen) atoms. The molecular formula is C11H28N3+. The van der Waals surface area contributed by atoms with E-state index in [1.807, 2.05) is 0 Å². The fourth-order valence-corrected chi connectivity index (χ4v) is 1.44. The maximum absolute atomic E-state index is 6.00. The van der Waals surface area contributed by atoms with Crippen LogP contribution < -0.4 is 11.1 Å². The molecule has 3 nitrogen and oxygen atoms in total. The molecule has 0 amide bonds. The Morgan fingerprint density at radius 2 is 1.86 bits per heavy atom. The standard InChI is InChI=1S/C11H28N3/c1-5-13-9-8-11(12)7-6-10-14(2,3)4/h11,13H,5-10,12H2,1-4H3/q+1. The molecule has 0 aromatic carbocycles. The van der Waals surface area contributed by atoms with Crippen molar-refractivity contribution in [2.75, 3.05) is 40.8 Å². The first-order chi connectivity index (χ1) is 6.45. The Hall–Kier alpha value is -0.120. The minimum atomic E-state index is 0.376. The van der Waals surface area contributed by atoms with E-state index in [0.717, 1.165) is 30.4 Å². The summed E-state index contributed by atoms with van der Waals surface area (Å²) in [6.07, 6.45) is 3.49. The topological polar surface area (TPSA) is 38.0 Å². The molecule has 0 aromatic rings. The number of nitrogens with zero attached hydrogens (tertiary/aromatic N) is 1. The molecule has 1 unspecified atom stereocenters. The molecular weight excluding hydrogens is 174 g/mol. The number of hydrogen-bond donors (Lipinski definition) is 2. The SMILES string of the molecule is CCNCCC(N)CCC[N+](C)(C)C. The lowest BCUT2D eigenvalue weighted by atomic mass is 10.1. The van der Waals surface area contributed by atoms with E-state index in [4.69, 9.17) is 5.73 Å². The molecule has 0 radical (unpaired) electrons. The molecule has 3 N–H and O–H groups in total. The Morgan fingerprint density at radius 3 is 2.36 bits per heavy atom. The maximum atomic E-state index is 6.00. The van der Waals surface area contributed by atoms with Crippen LogP contribution in [0.25, 0.3) is 0 Å². The van der Waals surface area contributed by atoms with E-state index in [-0.39, 0.29) is 0 Å². The van der Waals surface area contributed by atoms with Crippen LogP contribution in [0, 0.1) is 0 Å². The number of quaternary nitrogens is 1. The van der Waals surface area contributed by atoms with Crippen molar-refractivity contribution >= 4 is 0 Å². The molecule has 0 aliphatic heterocycles. The monoisotopic (exact) mass is 202 g/mol. The summed E-state index contributed by atoms with van der Waals surface area (Å²) in [5, 5.41) is 3.30. The molecule has 0 aromatic heterocycles. The second-order valence-corrected chi connectivity index (χ2v) is 5.06. The Balaban J connectivity index is 3.31. The highest BCUT2D eigenvalue weighted by molar-refractivity contribution is 4.62. The van der Waals surface area contributed by atoms with Crippen LogP contribution in [0.2, 0.25) is 0 Å². The molecule has 0 aliphatic carbocycles. The normalized spacial score (nSPS) is 14.4. The lowest BCUT2D eigenvalue weighted by molar-refractivity contribution is -0.870. The Bertz CT molecular complexity index is 129. The molecule has 0 saturated heterocycles. The van der Waals surface area contributed by atoms with Gasteiger partial charge in [-0.2, -0.15) is 0 Å². The van der Waals surface area contributed by atoms with E-state index in [1.165, 1.54) is 13.0 Å². The van der Waals surface area contributed by atoms with Gasteiger partial charge in [-0.1, -0.05) is 6.92 Å². The second kappa shape index (κ2) is 7.21. The predicted molar refractivity (Wildman–Crippen MR) is 63.3 cm³/mol. The van der Waals surface area contributed by atoms with Crippen LogP contribution in [0.1, 0.15) is 26.2 Å². The third-order valence-electron chi connectivity index (χ3n) is 2.35. The molecule has 0 bridgehead atoms. The number of nitrogens with one attached hydrogen (secondary N) is 1. The number of hydrogen-bond acceptors (Lipinski definition) is 2. The summed E-state index contributed by atoms with van der Waals surface area (Å²) in [5.74, 6) is 0. The van der Waals surface area contributed by atoms with Crippen molar-refractivity contribution in [1.29, 1.82) is 0 Å². The second-order valence-electron chi connectivity index (χ2n) is 5.06. The summed E-state index contributed by atoms with van der Waals surface area (Å²) < 4.78 is 1.04. The van der Waals surface area contributed by atoms with E-state index >= 15 is 0 Å². The van der Waals surface area contributed by atoms with Crippen LogP contribution in [0.15, 0.2) is 0 Å². The van der Waals surface area contributed by atoms with Crippen molar-refractivity contribution in [3.05, 3.63) is 0 Å². The summed E-state index contributed by atoms with van der Waals surface area (Å²) in [4.78, 5) is 0. The van der Waals surface area contributed by atoms with Crippen LogP contribution in [0.5, 0.6) is 0 Å². The van der Waals surface area contributed by atoms with Crippen LogP contribution >= 0.6 is 0 Å². The fraction of sp³-hybridized carbons (Fsp3) is 1.00. The van der Waals surface area contributed by atoms with Crippen LogP contribution in [0.4, 0.5) is 0 Å². The van der Waals surface area contributed by atoms with Gasteiger partial charge in [-0.3, -0.25) is 0 Å². The highest BCUT2D eigenvalue weighted by atomic mass is 15.3. The highest BCUT2D eigenvalue weighted by Gasteiger charge is 2.08. The van der Waals surface area contributed by atoms with Crippen molar-refractivity contribution in [1.82, 2.24) is 5.32 Å². The van der Waals surface area contributed by atoms with E-state index < -0.39 is 0 Å². The summed E-state index contributed by atoms with van der Waals surface area (Å²) >= 11 is 0. The smallest absolute Gasteiger partial charge is 0.0781 e. The zero-order valence-electron chi connectivity index (χ0n) is 10.3. The van der Waals surface area contributed by atoms with Gasteiger partial charge in [-0.05, 0) is 32.4 Å². The van der Waals surface area contributed by atoms with Gasteiger partial charge in [-0.15, -0.1) is 0 Å². The van der Waals surface area contributed by atoms with Crippen LogP contribution in [-0.2, 0) is 0 Å². The van der Waals surface area contributed by atoms with Crippen LogP contribution in [0.3, 0.4) is 0 Å². The van der Waals surface area contributed by atoms with Gasteiger partial charge in [0.1, 0.15) is 0 Å². The largest absolute Gasteiger partial charge is 0.331 e. The third kappa shape index (κ3) is 9.96. The van der Waals surface area contributed by atoms with Gasteiger partial charge >= 0.3 is 0 Å². The first-order valence-electron chi connectivity index (χ1n) is 5.72. The summed E-state index contributed by atoms with van der Waals surface area (Å²) in [6, 6.07) is 0.376. The predicted octanol–water partition coefficient (Wildman–Crippen LogP) is 0.800. The first kappa shape index (κ1) is 13.9. The van der Waals surface area contributed by atoms with Crippen molar-refractivity contribution in [3.8, 4) is 0 Å². The highest BCUT2D eigenvalue weighted by Crippen LogP contribution is 2.02. The fourth-order valence-electron chi connectivity index (χ4n) is 1.44. The molecule has 3 heteroatoms. The van der Waals surface area contributed by atoms with Crippen molar-refractivity contribution in [2.45, 2.75) is 32.2 Å². The minimum Gasteiger partial charge on any atom is -0.331 e. The maximum Gasteiger partial charge on any atom is 0.0781 e. The first-order valence-corrected chi connectivity index (χ1v) is 5.72. The van der Waals surface area contributed by atoms with Crippen molar-refractivity contribution < 1.29 is 4.48 Å². The summed E-state index contributed by atoms with van der Waals surface area (Å²) in [7, 11) is 6.68. The zero-order valence-corrected chi connectivity index (χ0v) is 10.3. The quantitative estimate of drug-likeness (QED) is 0.451. The summed E-state index contributed by atoms with van der Waals surface area (Å²) in [6.45, 7) is 5.45. The van der Waals surface area contributed by atoms with Gasteiger partial charge in [0, 0.05) is 6.04 Å². The third-order valence-corrected chi connectivity index (χ3v) is 2.35. The van der Waals surface area contributed by atoms with Gasteiger partial charge in [0.2, 0.25) is 0 Å². The zero-order chi connectivity index (χ0) is 11.0. The van der Waals surface area contributed by atoms with E-state index in [2.05, 4.69) is 33.4 Å². The van der Waals surface area contributed by atoms with Crippen molar-refractivity contribution in [3.63, 3.8) is 0 Å². The Morgan fingerprint density at radius 1 is 1.21 bits per heavy atom. The Kier molecular flexibility index (Phi) is 7.15. The van der Waals surface area contributed by atoms with E-state index in [1.54, 1.807) is 0 Å². The molecule has 0 heterocycles. The Labute approximate surface area is 89.2 Å². The molecule has 1 atom stereocenters. The number of nitrogens with two attached hydrogens (primary N) is 1. The van der Waals surface area contributed by atoms with E-state index in [9.17, 15) is 0 Å². The van der Waals surface area contributed by atoms with Gasteiger partial charge in [0.25, 0.3) is 0 Å². The van der Waals surface area contributed by atoms with Gasteiger partial charge in [0.05, 0.1) is 27.7 Å². The molecule has 0 spiro atoms. The van der Waals surface area contributed by atoms with Crippen LogP contribution in [-0.4, -0.2) is 51.3 Å². The average Bonchev–Trinajstić information content (AvgIpc) is 2.02. The molecule has 0 saturated carbocycles. The average molecular weight is 202 g/mol. The van der Waals surface area contributed by atoms with Gasteiger partial charge in [0.15, 0.2) is 0 Å². The minimum absolute atomic E-state index is 0.376. The van der Waals surface area contributed by atoms with E-state index in [0.29, 0.717) is 6.04 Å². The lowest BCUT2D eigenvalue weighted by Crippen LogP contribution is -2.36. The molecule has 86 valence electrons. The molecule has 0 aliphatic rings. The lowest BCUT2D eigenvalue weighted by Gasteiger charge is -2.24. The number of rotatable bonds is 8. The van der Waals surface area contributed by atoms with Gasteiger partial charge in [-0.25, -0.2) is 0 Å². The molecule has 0 rings (SSSR count). The van der Waals surface area contributed by atoms with Gasteiger partial charge < -0.3 is 15.5 Å². The van der Waals surface area contributed by atoms with Crippen molar-refractivity contribution in [2.24, 2.45) is 5.73 Å². The summed E-state index contributed by atoms with van der Waals surface area (Å²) in [5.41, 5.74) is 6.00. The molecule has 0 fully saturated rings.